The second-order valence-electron chi connectivity index (χ2n) is 5.00. The summed E-state index contributed by atoms with van der Waals surface area (Å²) in [5.74, 6) is 0.376. The predicted molar refractivity (Wildman–Crippen MR) is 86.1 cm³/mol. The average Bonchev–Trinajstić information content (AvgIpc) is 2.77. The van der Waals surface area contributed by atoms with Gasteiger partial charge in [0.2, 0.25) is 5.91 Å². The van der Waals surface area contributed by atoms with Gasteiger partial charge in [-0.15, -0.1) is 0 Å². The lowest BCUT2D eigenvalue weighted by atomic mass is 10.1. The van der Waals surface area contributed by atoms with Gasteiger partial charge < -0.3 is 10.6 Å². The summed E-state index contributed by atoms with van der Waals surface area (Å²) >= 11 is 6.95. The molecule has 0 radical (unpaired) electrons. The molecule has 1 unspecified atom stereocenters. The average molecular weight is 344 g/mol. The number of nitrogen functional groups attached to an aromatic ring is 1. The maximum atomic E-state index is 12.1. The van der Waals surface area contributed by atoms with E-state index in [1.165, 1.54) is 24.0 Å². The number of halogens is 1. The molecule has 1 aliphatic heterocycles. The summed E-state index contributed by atoms with van der Waals surface area (Å²) in [6.07, 6.45) is 0.288. The van der Waals surface area contributed by atoms with Crippen LogP contribution < -0.4 is 10.6 Å². The van der Waals surface area contributed by atoms with Crippen molar-refractivity contribution >= 4 is 51.4 Å². The fourth-order valence-corrected chi connectivity index (χ4v) is 3.24. The molecule has 1 amide bonds. The molecule has 1 fully saturated rings. The summed E-state index contributed by atoms with van der Waals surface area (Å²) in [6.45, 7) is 1.85. The number of rotatable bonds is 4. The van der Waals surface area contributed by atoms with Crippen LogP contribution in [0.2, 0.25) is 5.02 Å². The number of amides is 1. The highest BCUT2D eigenvalue weighted by molar-refractivity contribution is 8.13. The fraction of sp³-hybridized carbons (Fsp3) is 0.385. The van der Waals surface area contributed by atoms with Gasteiger partial charge in [0.1, 0.15) is 5.02 Å². The molecule has 1 saturated heterocycles. The molecule has 9 heteroatoms. The fourth-order valence-electron chi connectivity index (χ4n) is 2.30. The van der Waals surface area contributed by atoms with Gasteiger partial charge in [0.05, 0.1) is 16.3 Å². The van der Waals surface area contributed by atoms with Crippen LogP contribution in [0.1, 0.15) is 13.3 Å². The maximum Gasteiger partial charge on any atom is 0.290 e. The van der Waals surface area contributed by atoms with Crippen LogP contribution in [-0.2, 0) is 9.59 Å². The van der Waals surface area contributed by atoms with Crippen molar-refractivity contribution in [2.45, 2.75) is 13.3 Å². The highest BCUT2D eigenvalue weighted by Gasteiger charge is 2.33. The second kappa shape index (κ2) is 6.53. The molecule has 1 aromatic carbocycles. The first-order valence-corrected chi connectivity index (χ1v) is 7.83. The van der Waals surface area contributed by atoms with Crippen LogP contribution in [0.4, 0.5) is 17.1 Å². The van der Waals surface area contributed by atoms with Crippen LogP contribution in [0, 0.1) is 16.0 Å². The number of nitro benzene ring substituents is 1. The number of anilines is 2. The molecule has 118 valence electrons. The van der Waals surface area contributed by atoms with Gasteiger partial charge in [-0.05, 0) is 12.0 Å². The molecule has 1 heterocycles. The van der Waals surface area contributed by atoms with Crippen molar-refractivity contribution in [3.63, 3.8) is 0 Å². The van der Waals surface area contributed by atoms with Gasteiger partial charge in [0.15, 0.2) is 5.12 Å². The summed E-state index contributed by atoms with van der Waals surface area (Å²) in [4.78, 5) is 34.9. The standard InChI is InChI=1S/C13H14ClN3O4S/c1-7(18)22-6-8-2-13(19)16(5-8)12-4-11(17(20)21)9(14)3-10(12)15/h3-4,8H,2,5-6,15H2,1H3. The van der Waals surface area contributed by atoms with Crippen molar-refractivity contribution in [1.82, 2.24) is 0 Å². The van der Waals surface area contributed by atoms with E-state index in [-0.39, 0.29) is 45.4 Å². The summed E-state index contributed by atoms with van der Waals surface area (Å²) < 4.78 is 0. The highest BCUT2D eigenvalue weighted by atomic mass is 35.5. The predicted octanol–water partition coefficient (Wildman–Crippen LogP) is 2.46. The van der Waals surface area contributed by atoms with Crippen molar-refractivity contribution in [3.8, 4) is 0 Å². The summed E-state index contributed by atoms with van der Waals surface area (Å²) in [5, 5.41) is 10.9. The van der Waals surface area contributed by atoms with E-state index in [4.69, 9.17) is 17.3 Å². The van der Waals surface area contributed by atoms with Crippen LogP contribution in [0.3, 0.4) is 0 Å². The van der Waals surface area contributed by atoms with E-state index >= 15 is 0 Å². The normalized spacial score (nSPS) is 17.8. The third-order valence-corrected chi connectivity index (χ3v) is 4.66. The first kappa shape index (κ1) is 16.6. The third-order valence-electron chi connectivity index (χ3n) is 3.31. The molecule has 22 heavy (non-hydrogen) atoms. The minimum absolute atomic E-state index is 0.00690. The number of benzene rings is 1. The van der Waals surface area contributed by atoms with E-state index in [0.29, 0.717) is 12.3 Å². The minimum atomic E-state index is -0.616. The van der Waals surface area contributed by atoms with E-state index in [1.54, 1.807) is 0 Å². The quantitative estimate of drug-likeness (QED) is 0.511. The van der Waals surface area contributed by atoms with Crippen molar-refractivity contribution in [2.24, 2.45) is 5.92 Å². The van der Waals surface area contributed by atoms with Gasteiger partial charge in [-0.2, -0.15) is 0 Å². The Bertz CT molecular complexity index is 652. The van der Waals surface area contributed by atoms with Gasteiger partial charge in [-0.1, -0.05) is 23.4 Å². The van der Waals surface area contributed by atoms with Crippen molar-refractivity contribution in [3.05, 3.63) is 27.3 Å². The molecule has 1 aliphatic rings. The molecule has 1 atom stereocenters. The zero-order valence-corrected chi connectivity index (χ0v) is 13.3. The van der Waals surface area contributed by atoms with Gasteiger partial charge in [-0.3, -0.25) is 19.7 Å². The number of nitrogens with two attached hydrogens (primary N) is 1. The van der Waals surface area contributed by atoms with Crippen LogP contribution >= 0.6 is 23.4 Å². The SMILES string of the molecule is CC(=O)SCC1CC(=O)N(c2cc([N+](=O)[O-])c(Cl)cc2N)C1. The number of hydrogen-bond acceptors (Lipinski definition) is 6. The minimum Gasteiger partial charge on any atom is -0.397 e. The Balaban J connectivity index is 2.24. The molecule has 7 nitrogen and oxygen atoms in total. The van der Waals surface area contributed by atoms with Crippen LogP contribution in [-0.4, -0.2) is 28.2 Å². The molecular formula is C13H14ClN3O4S. The lowest BCUT2D eigenvalue weighted by Crippen LogP contribution is -2.25. The largest absolute Gasteiger partial charge is 0.397 e. The molecule has 0 spiro atoms. The second-order valence-corrected chi connectivity index (χ2v) is 6.60. The first-order chi connectivity index (χ1) is 10.3. The topological polar surface area (TPSA) is 107 Å². The lowest BCUT2D eigenvalue weighted by molar-refractivity contribution is -0.384. The number of thioether (sulfide) groups is 1. The monoisotopic (exact) mass is 343 g/mol. The van der Waals surface area contributed by atoms with E-state index in [1.807, 2.05) is 0 Å². The molecule has 2 rings (SSSR count). The number of carbonyl (C=O) groups excluding carboxylic acids is 2. The van der Waals surface area contributed by atoms with Crippen LogP contribution in [0.25, 0.3) is 0 Å². The Morgan fingerprint density at radius 1 is 1.59 bits per heavy atom. The summed E-state index contributed by atoms with van der Waals surface area (Å²) in [7, 11) is 0. The van der Waals surface area contributed by atoms with Gasteiger partial charge >= 0.3 is 0 Å². The Morgan fingerprint density at radius 3 is 2.86 bits per heavy atom. The molecular weight excluding hydrogens is 330 g/mol. The van der Waals surface area contributed by atoms with E-state index in [0.717, 1.165) is 11.8 Å². The highest BCUT2D eigenvalue weighted by Crippen LogP contribution is 2.37. The van der Waals surface area contributed by atoms with Crippen LogP contribution in [0.15, 0.2) is 12.1 Å². The smallest absolute Gasteiger partial charge is 0.290 e. The van der Waals surface area contributed by atoms with Gasteiger partial charge in [0, 0.05) is 31.7 Å². The number of nitro groups is 1. The molecule has 2 N–H and O–H groups in total. The maximum absolute atomic E-state index is 12.1. The molecule has 0 aliphatic carbocycles. The van der Waals surface area contributed by atoms with Crippen molar-refractivity contribution in [2.75, 3.05) is 22.9 Å². The first-order valence-electron chi connectivity index (χ1n) is 6.46. The van der Waals surface area contributed by atoms with Gasteiger partial charge in [-0.25, -0.2) is 0 Å². The Labute approximate surface area is 135 Å². The third kappa shape index (κ3) is 3.50. The zero-order valence-electron chi connectivity index (χ0n) is 11.7. The van der Waals surface area contributed by atoms with Crippen molar-refractivity contribution < 1.29 is 14.5 Å². The Kier molecular flexibility index (Phi) is 4.92. The molecule has 1 aromatic rings. The van der Waals surface area contributed by atoms with Crippen LogP contribution in [0.5, 0.6) is 0 Å². The summed E-state index contributed by atoms with van der Waals surface area (Å²) in [6, 6.07) is 2.50. The Hall–Kier alpha value is -1.80. The van der Waals surface area contributed by atoms with E-state index in [2.05, 4.69) is 0 Å². The van der Waals surface area contributed by atoms with Crippen molar-refractivity contribution in [1.29, 1.82) is 0 Å². The summed E-state index contributed by atoms with van der Waals surface area (Å²) in [5.41, 5.74) is 6.05. The number of hydrogen-bond donors (Lipinski definition) is 1. The van der Waals surface area contributed by atoms with Gasteiger partial charge in [0.25, 0.3) is 5.69 Å². The number of nitrogens with zero attached hydrogens (tertiary/aromatic N) is 2. The zero-order chi connectivity index (χ0) is 16.4. The molecule has 0 saturated carbocycles. The van der Waals surface area contributed by atoms with E-state index < -0.39 is 4.92 Å². The molecule has 0 bridgehead atoms. The number of carbonyl (C=O) groups is 2. The molecule has 0 aromatic heterocycles. The Morgan fingerprint density at radius 2 is 2.27 bits per heavy atom. The lowest BCUT2D eigenvalue weighted by Gasteiger charge is -2.19. The van der Waals surface area contributed by atoms with E-state index in [9.17, 15) is 19.7 Å².